The molecule has 0 fully saturated rings. The van der Waals surface area contributed by atoms with Crippen molar-refractivity contribution in [1.82, 2.24) is 9.88 Å². The molecule has 1 N–H and O–H groups in total. The number of carbonyl (C=O) groups is 1. The van der Waals surface area contributed by atoms with Crippen LogP contribution in [-0.2, 0) is 18.5 Å². The lowest BCUT2D eigenvalue weighted by Crippen LogP contribution is -2.26. The van der Waals surface area contributed by atoms with Gasteiger partial charge in [-0.2, -0.15) is 0 Å². The quantitative estimate of drug-likeness (QED) is 0.644. The van der Waals surface area contributed by atoms with Crippen molar-refractivity contribution < 1.29 is 28.2 Å². The first-order chi connectivity index (χ1) is 15.2. The molecular formula is C22H14B2F2N2O4. The molecule has 6 nitrogen and oxygen atoms in total. The summed E-state index contributed by atoms with van der Waals surface area (Å²) in [5.74, 6) is -1.58. The topological polar surface area (TPSA) is 71.9 Å². The number of amides is 1. The molecular weight excluding hydrogens is 416 g/mol. The van der Waals surface area contributed by atoms with Gasteiger partial charge in [-0.25, -0.2) is 8.78 Å². The molecule has 0 spiro atoms. The normalized spacial score (nSPS) is 14.7. The summed E-state index contributed by atoms with van der Waals surface area (Å²) in [7, 11) is 11.2. The summed E-state index contributed by atoms with van der Waals surface area (Å²) < 4.78 is 40.6. The lowest BCUT2D eigenvalue weighted by molar-refractivity contribution is 0.0763. The van der Waals surface area contributed by atoms with Gasteiger partial charge in [0.2, 0.25) is 6.79 Å². The second kappa shape index (κ2) is 7.34. The fourth-order valence-corrected chi connectivity index (χ4v) is 3.90. The van der Waals surface area contributed by atoms with E-state index in [1.165, 1.54) is 17.0 Å². The van der Waals surface area contributed by atoms with E-state index in [1.807, 2.05) is 0 Å². The van der Waals surface area contributed by atoms with Crippen molar-refractivity contribution in [3.63, 3.8) is 0 Å². The number of hydrogen-bond acceptors (Lipinski definition) is 5. The maximum Gasteiger partial charge on any atom is 0.256 e. The molecule has 0 bridgehead atoms. The lowest BCUT2D eigenvalue weighted by atomic mass is 9.61. The van der Waals surface area contributed by atoms with Gasteiger partial charge in [0.15, 0.2) is 11.5 Å². The van der Waals surface area contributed by atoms with Crippen molar-refractivity contribution in [2.24, 2.45) is 0 Å². The third-order valence-electron chi connectivity index (χ3n) is 5.48. The Kier molecular flexibility index (Phi) is 4.70. The number of benzene rings is 2. The van der Waals surface area contributed by atoms with Crippen LogP contribution < -0.4 is 9.47 Å². The van der Waals surface area contributed by atoms with Crippen LogP contribution in [0.5, 0.6) is 11.5 Å². The minimum Gasteiger partial charge on any atom is -0.454 e. The Morgan fingerprint density at radius 3 is 2.53 bits per heavy atom. The molecule has 3 aromatic rings. The molecule has 32 heavy (non-hydrogen) atoms. The third-order valence-corrected chi connectivity index (χ3v) is 5.48. The lowest BCUT2D eigenvalue weighted by Gasteiger charge is -2.22. The summed E-state index contributed by atoms with van der Waals surface area (Å²) in [4.78, 5) is 18.0. The van der Waals surface area contributed by atoms with Gasteiger partial charge in [0.05, 0.1) is 24.3 Å². The monoisotopic (exact) mass is 430 g/mol. The number of carbonyl (C=O) groups excluding carboxylic acids is 1. The first-order valence-corrected chi connectivity index (χ1v) is 9.68. The van der Waals surface area contributed by atoms with Gasteiger partial charge in [-0.1, -0.05) is 0 Å². The van der Waals surface area contributed by atoms with E-state index in [4.69, 9.17) is 25.2 Å². The Morgan fingerprint density at radius 2 is 1.84 bits per heavy atom. The largest absolute Gasteiger partial charge is 0.454 e. The molecule has 5 rings (SSSR count). The van der Waals surface area contributed by atoms with Gasteiger partial charge >= 0.3 is 0 Å². The number of ether oxygens (including phenoxy) is 2. The predicted molar refractivity (Wildman–Crippen MR) is 111 cm³/mol. The van der Waals surface area contributed by atoms with Crippen LogP contribution in [0.2, 0.25) is 0 Å². The zero-order valence-electron chi connectivity index (χ0n) is 16.6. The number of aliphatic hydroxyl groups is 1. The second-order valence-electron chi connectivity index (χ2n) is 7.66. The van der Waals surface area contributed by atoms with E-state index in [0.29, 0.717) is 16.8 Å². The zero-order valence-corrected chi connectivity index (χ0v) is 16.6. The Balaban J connectivity index is 1.49. The summed E-state index contributed by atoms with van der Waals surface area (Å²) in [5.41, 5.74) is 1.25. The summed E-state index contributed by atoms with van der Waals surface area (Å²) in [5, 5.41) is 7.82. The maximum absolute atomic E-state index is 15.0. The summed E-state index contributed by atoms with van der Waals surface area (Å²) in [6.07, 6.45) is 1.56. The first-order valence-electron chi connectivity index (χ1n) is 9.68. The van der Waals surface area contributed by atoms with Crippen LogP contribution in [0.4, 0.5) is 8.78 Å². The van der Waals surface area contributed by atoms with Crippen molar-refractivity contribution in [3.05, 3.63) is 76.6 Å². The van der Waals surface area contributed by atoms with E-state index < -0.39 is 17.0 Å². The molecule has 156 valence electrons. The summed E-state index contributed by atoms with van der Waals surface area (Å²) in [6, 6.07) is 8.44. The van der Waals surface area contributed by atoms with Crippen LogP contribution in [0.25, 0.3) is 11.1 Å². The van der Waals surface area contributed by atoms with E-state index in [0.717, 1.165) is 12.1 Å². The van der Waals surface area contributed by atoms with Crippen molar-refractivity contribution in [1.29, 1.82) is 0 Å². The summed E-state index contributed by atoms with van der Waals surface area (Å²) in [6.45, 7) is -0.178. The van der Waals surface area contributed by atoms with Gasteiger partial charge in [-0.05, 0) is 47.5 Å². The highest BCUT2D eigenvalue weighted by Gasteiger charge is 2.31. The van der Waals surface area contributed by atoms with E-state index in [-0.39, 0.29) is 54.0 Å². The Hall–Kier alpha value is -3.39. The van der Waals surface area contributed by atoms with Gasteiger partial charge in [-0.3, -0.25) is 9.78 Å². The van der Waals surface area contributed by atoms with Crippen LogP contribution in [0, 0.1) is 11.6 Å². The van der Waals surface area contributed by atoms with Gasteiger partial charge < -0.3 is 19.5 Å². The smallest absolute Gasteiger partial charge is 0.256 e. The highest BCUT2D eigenvalue weighted by atomic mass is 19.1. The molecule has 2 aliphatic rings. The average molecular weight is 430 g/mol. The number of halogens is 2. The molecule has 4 radical (unpaired) electrons. The van der Waals surface area contributed by atoms with E-state index in [2.05, 4.69) is 4.98 Å². The fraction of sp³-hybridized carbons (Fsp3) is 0.182. The second-order valence-corrected chi connectivity index (χ2v) is 7.66. The molecule has 0 unspecified atom stereocenters. The molecule has 0 saturated heterocycles. The average Bonchev–Trinajstić information content (AvgIpc) is 3.34. The molecule has 0 atom stereocenters. The SMILES string of the molecule is [B]C([B])(O)c1cc(-c2cc(F)c(CN3Cc4ncccc4C3=O)c(F)c2)cc2c1OCO2. The third kappa shape index (κ3) is 3.40. The van der Waals surface area contributed by atoms with E-state index in [1.54, 1.807) is 18.3 Å². The number of nitrogens with zero attached hydrogens (tertiary/aromatic N) is 2. The molecule has 2 aliphatic heterocycles. The highest BCUT2D eigenvalue weighted by Crippen LogP contribution is 2.43. The van der Waals surface area contributed by atoms with Crippen molar-refractivity contribution in [2.45, 2.75) is 18.5 Å². The van der Waals surface area contributed by atoms with Gasteiger partial charge in [-0.15, -0.1) is 0 Å². The number of rotatable bonds is 4. The molecule has 1 amide bonds. The van der Waals surface area contributed by atoms with Crippen LogP contribution >= 0.6 is 0 Å². The van der Waals surface area contributed by atoms with Crippen molar-refractivity contribution >= 4 is 21.6 Å². The van der Waals surface area contributed by atoms with Crippen LogP contribution in [-0.4, -0.2) is 43.4 Å². The Morgan fingerprint density at radius 1 is 1.12 bits per heavy atom. The fourth-order valence-electron chi connectivity index (χ4n) is 3.90. The first kappa shape index (κ1) is 20.5. The molecule has 3 heterocycles. The predicted octanol–water partition coefficient (Wildman–Crippen LogP) is 2.35. The van der Waals surface area contributed by atoms with Crippen molar-refractivity contribution in [3.8, 4) is 22.6 Å². The maximum atomic E-state index is 15.0. The van der Waals surface area contributed by atoms with Gasteiger partial charge in [0.25, 0.3) is 5.91 Å². The zero-order chi connectivity index (χ0) is 22.6. The summed E-state index contributed by atoms with van der Waals surface area (Å²) >= 11 is 0. The van der Waals surface area contributed by atoms with Crippen LogP contribution in [0.15, 0.2) is 42.6 Å². The number of aromatic nitrogens is 1. The Bertz CT molecular complexity index is 1240. The van der Waals surface area contributed by atoms with Gasteiger partial charge in [0, 0.05) is 22.7 Å². The molecule has 0 saturated carbocycles. The number of hydrogen-bond donors (Lipinski definition) is 1. The van der Waals surface area contributed by atoms with E-state index >= 15 is 0 Å². The number of pyridine rings is 1. The standard InChI is InChI=1S/C22H14B2F2N2O4/c23-22(24,30)15-4-11(7-19-20(15)32-10-31-19)12-5-16(25)14(17(26)6-12)8-28-9-18-13(21(28)29)2-1-3-27-18/h1-7,30H,8-10H2. The molecule has 0 aliphatic carbocycles. The minimum absolute atomic E-state index is 0.0142. The minimum atomic E-state index is -2.25. The highest BCUT2D eigenvalue weighted by molar-refractivity contribution is 6.38. The number of fused-ring (bicyclic) bond motifs is 2. The molecule has 1 aromatic heterocycles. The van der Waals surface area contributed by atoms with E-state index in [9.17, 15) is 18.7 Å². The van der Waals surface area contributed by atoms with Gasteiger partial charge in [0.1, 0.15) is 27.3 Å². The van der Waals surface area contributed by atoms with Crippen LogP contribution in [0.1, 0.15) is 27.2 Å². The molecule has 2 aromatic carbocycles. The van der Waals surface area contributed by atoms with Crippen LogP contribution in [0.3, 0.4) is 0 Å². The van der Waals surface area contributed by atoms with Crippen molar-refractivity contribution in [2.75, 3.05) is 6.79 Å². The Labute approximate surface area is 184 Å². The molecule has 10 heteroatoms.